The number of carbonyl (C=O) groups is 1. The molecule has 26 heavy (non-hydrogen) atoms. The number of hydrogen-bond acceptors (Lipinski definition) is 5. The summed E-state index contributed by atoms with van der Waals surface area (Å²) in [5, 5.41) is 4.11. The fraction of sp³-hybridized carbons (Fsp3) is 0.526. The Morgan fingerprint density at radius 3 is 2.62 bits per heavy atom. The Hall–Kier alpha value is -1.92. The molecule has 1 fully saturated rings. The molecule has 3 rings (SSSR count). The highest BCUT2D eigenvalue weighted by Gasteiger charge is 2.33. The second-order valence-electron chi connectivity index (χ2n) is 7.70. The lowest BCUT2D eigenvalue weighted by molar-refractivity contribution is -0.140. The zero-order valence-electron chi connectivity index (χ0n) is 15.6. The Labute approximate surface area is 160 Å². The average Bonchev–Trinajstić information content (AvgIpc) is 3.10. The highest BCUT2D eigenvalue weighted by Crippen LogP contribution is 2.30. The maximum Gasteiger partial charge on any atom is 0.231 e. The molecule has 2 heterocycles. The summed E-state index contributed by atoms with van der Waals surface area (Å²) in [6.07, 6.45) is 1.91. The number of nitrogens with two attached hydrogens (primary N) is 1. The average molecular weight is 379 g/mol. The van der Waals surface area contributed by atoms with Gasteiger partial charge in [-0.3, -0.25) is 4.79 Å². The van der Waals surface area contributed by atoms with Crippen molar-refractivity contribution in [1.29, 1.82) is 0 Å². The van der Waals surface area contributed by atoms with Gasteiger partial charge in [-0.25, -0.2) is 0 Å². The molecule has 0 radical (unpaired) electrons. The summed E-state index contributed by atoms with van der Waals surface area (Å²) >= 11 is 0. The van der Waals surface area contributed by atoms with Crippen LogP contribution in [0.15, 0.2) is 28.8 Å². The van der Waals surface area contributed by atoms with E-state index in [1.54, 1.807) is 0 Å². The third kappa shape index (κ3) is 4.43. The number of piperidine rings is 1. The van der Waals surface area contributed by atoms with Gasteiger partial charge in [0.25, 0.3) is 0 Å². The number of aromatic nitrogens is 2. The Kier molecular flexibility index (Phi) is 6.42. The van der Waals surface area contributed by atoms with Crippen molar-refractivity contribution in [3.63, 3.8) is 0 Å². The maximum atomic E-state index is 12.5. The normalized spacial score (nSPS) is 17.7. The topological polar surface area (TPSA) is 85.2 Å². The highest BCUT2D eigenvalue weighted by molar-refractivity contribution is 5.85. The molecule has 0 bridgehead atoms. The molecule has 7 heteroatoms. The molecule has 2 N–H and O–H groups in total. The molecule has 1 amide bonds. The predicted molar refractivity (Wildman–Crippen MR) is 103 cm³/mol. The first kappa shape index (κ1) is 20.4. The first-order chi connectivity index (χ1) is 11.9. The van der Waals surface area contributed by atoms with Crippen LogP contribution in [0.25, 0.3) is 11.4 Å². The molecule has 1 unspecified atom stereocenters. The zero-order valence-corrected chi connectivity index (χ0v) is 16.4. The van der Waals surface area contributed by atoms with Crippen molar-refractivity contribution in [1.82, 2.24) is 15.0 Å². The first-order valence-corrected chi connectivity index (χ1v) is 8.81. The lowest BCUT2D eigenvalue weighted by Gasteiger charge is -2.35. The van der Waals surface area contributed by atoms with Crippen LogP contribution in [-0.2, 0) is 11.3 Å². The molecule has 0 saturated carbocycles. The van der Waals surface area contributed by atoms with E-state index in [1.165, 1.54) is 0 Å². The van der Waals surface area contributed by atoms with Crippen LogP contribution in [0, 0.1) is 5.41 Å². The van der Waals surface area contributed by atoms with Crippen LogP contribution in [0.1, 0.15) is 51.0 Å². The van der Waals surface area contributed by atoms with E-state index >= 15 is 0 Å². The fourth-order valence-corrected chi connectivity index (χ4v) is 3.15. The minimum absolute atomic E-state index is 0. The summed E-state index contributed by atoms with van der Waals surface area (Å²) in [7, 11) is 0. The first-order valence-electron chi connectivity index (χ1n) is 8.81. The summed E-state index contributed by atoms with van der Waals surface area (Å²) in [5.41, 5.74) is 7.23. The largest absolute Gasteiger partial charge is 0.341 e. The van der Waals surface area contributed by atoms with E-state index in [2.05, 4.69) is 10.1 Å². The molecule has 6 nitrogen and oxygen atoms in total. The number of rotatable bonds is 3. The van der Waals surface area contributed by atoms with Gasteiger partial charge in [0.15, 0.2) is 0 Å². The number of hydrogen-bond donors (Lipinski definition) is 1. The molecular weight excluding hydrogens is 352 g/mol. The van der Waals surface area contributed by atoms with E-state index in [0.29, 0.717) is 24.8 Å². The van der Waals surface area contributed by atoms with Gasteiger partial charge in [0.05, 0.1) is 5.92 Å². The van der Waals surface area contributed by atoms with Gasteiger partial charge >= 0.3 is 0 Å². The third-order valence-electron chi connectivity index (χ3n) is 4.59. The predicted octanol–water partition coefficient (Wildman–Crippen LogP) is 3.37. The van der Waals surface area contributed by atoms with Crippen molar-refractivity contribution in [3.05, 3.63) is 35.7 Å². The molecule has 1 aliphatic rings. The fourth-order valence-electron chi connectivity index (χ4n) is 3.15. The van der Waals surface area contributed by atoms with Gasteiger partial charge in [-0.1, -0.05) is 50.2 Å². The van der Waals surface area contributed by atoms with Crippen molar-refractivity contribution >= 4 is 18.3 Å². The number of nitrogens with zero attached hydrogens (tertiary/aromatic N) is 3. The highest BCUT2D eigenvalue weighted by atomic mass is 35.5. The van der Waals surface area contributed by atoms with E-state index in [-0.39, 0.29) is 29.6 Å². The van der Waals surface area contributed by atoms with E-state index in [0.717, 1.165) is 30.5 Å². The molecule has 1 saturated heterocycles. The summed E-state index contributed by atoms with van der Waals surface area (Å²) in [4.78, 5) is 19.0. The molecular formula is C19H27ClN4O2. The van der Waals surface area contributed by atoms with Gasteiger partial charge in [0.2, 0.25) is 17.6 Å². The molecule has 0 aliphatic carbocycles. The van der Waals surface area contributed by atoms with E-state index in [4.69, 9.17) is 10.3 Å². The van der Waals surface area contributed by atoms with Gasteiger partial charge in [0.1, 0.15) is 0 Å². The smallest absolute Gasteiger partial charge is 0.231 e. The SMILES string of the molecule is CC(C)(C)C(=O)N1CCCC(c2nc(-c3ccc(CN)cc3)no2)C1.Cl. The number of halogens is 1. The van der Waals surface area contributed by atoms with Crippen molar-refractivity contribution in [3.8, 4) is 11.4 Å². The van der Waals surface area contributed by atoms with Crippen molar-refractivity contribution in [2.45, 2.75) is 46.1 Å². The minimum Gasteiger partial charge on any atom is -0.341 e. The second kappa shape index (κ2) is 8.18. The quantitative estimate of drug-likeness (QED) is 0.884. The van der Waals surface area contributed by atoms with Crippen LogP contribution in [0.3, 0.4) is 0 Å². The summed E-state index contributed by atoms with van der Waals surface area (Å²) in [6.45, 7) is 7.81. The summed E-state index contributed by atoms with van der Waals surface area (Å²) < 4.78 is 5.51. The van der Waals surface area contributed by atoms with Crippen molar-refractivity contribution in [2.24, 2.45) is 11.1 Å². The number of benzene rings is 1. The molecule has 142 valence electrons. The Bertz CT molecular complexity index is 737. The van der Waals surface area contributed by atoms with Gasteiger partial charge in [-0.15, -0.1) is 12.4 Å². The Morgan fingerprint density at radius 2 is 2.00 bits per heavy atom. The summed E-state index contributed by atoms with van der Waals surface area (Å²) in [6, 6.07) is 7.84. The lowest BCUT2D eigenvalue weighted by Crippen LogP contribution is -2.44. The van der Waals surface area contributed by atoms with Crippen LogP contribution < -0.4 is 5.73 Å². The van der Waals surface area contributed by atoms with Gasteiger partial charge in [-0.05, 0) is 18.4 Å². The standard InChI is InChI=1S/C19H26N4O2.ClH/c1-19(2,3)18(24)23-10-4-5-15(12-23)17-21-16(22-25-17)14-8-6-13(11-20)7-9-14;/h6-9,15H,4-5,10-12,20H2,1-3H3;1H. The van der Waals surface area contributed by atoms with Crippen LogP contribution in [0.2, 0.25) is 0 Å². The summed E-state index contributed by atoms with van der Waals surface area (Å²) in [5.74, 6) is 1.47. The van der Waals surface area contributed by atoms with Crippen LogP contribution in [-0.4, -0.2) is 34.0 Å². The minimum atomic E-state index is -0.368. The molecule has 1 atom stereocenters. The van der Waals surface area contributed by atoms with Gasteiger partial charge in [0, 0.05) is 30.6 Å². The number of likely N-dealkylation sites (tertiary alicyclic amines) is 1. The Balaban J connectivity index is 0.00000243. The second-order valence-corrected chi connectivity index (χ2v) is 7.70. The van der Waals surface area contributed by atoms with Crippen molar-refractivity contribution < 1.29 is 9.32 Å². The lowest BCUT2D eigenvalue weighted by atomic mass is 9.91. The molecule has 2 aromatic rings. The molecule has 0 spiro atoms. The molecule has 1 aromatic heterocycles. The molecule has 1 aromatic carbocycles. The van der Waals surface area contributed by atoms with Crippen LogP contribution >= 0.6 is 12.4 Å². The van der Waals surface area contributed by atoms with Gasteiger partial charge < -0.3 is 15.2 Å². The molecule has 1 aliphatic heterocycles. The van der Waals surface area contributed by atoms with Gasteiger partial charge in [-0.2, -0.15) is 4.98 Å². The zero-order chi connectivity index (χ0) is 18.0. The number of carbonyl (C=O) groups excluding carboxylic acids is 1. The number of amides is 1. The van der Waals surface area contributed by atoms with Crippen LogP contribution in [0.4, 0.5) is 0 Å². The monoisotopic (exact) mass is 378 g/mol. The van der Waals surface area contributed by atoms with E-state index in [1.807, 2.05) is 49.9 Å². The Morgan fingerprint density at radius 1 is 1.31 bits per heavy atom. The van der Waals surface area contributed by atoms with E-state index < -0.39 is 0 Å². The van der Waals surface area contributed by atoms with E-state index in [9.17, 15) is 4.79 Å². The maximum absolute atomic E-state index is 12.5. The van der Waals surface area contributed by atoms with Crippen LogP contribution in [0.5, 0.6) is 0 Å². The third-order valence-corrected chi connectivity index (χ3v) is 4.59. The van der Waals surface area contributed by atoms with Crippen molar-refractivity contribution in [2.75, 3.05) is 13.1 Å².